The van der Waals surface area contributed by atoms with Gasteiger partial charge in [0.1, 0.15) is 22.7 Å². The van der Waals surface area contributed by atoms with Crippen LogP contribution in [0.1, 0.15) is 25.0 Å². The predicted octanol–water partition coefficient (Wildman–Crippen LogP) is 10.4. The molecule has 0 aliphatic rings. The third-order valence-electron chi connectivity index (χ3n) is 7.52. The van der Waals surface area contributed by atoms with Crippen molar-refractivity contribution in [2.24, 2.45) is 0 Å². The lowest BCUT2D eigenvalue weighted by atomic mass is 10.0. The molecule has 2 N–H and O–H groups in total. The number of esters is 2. The molecule has 6 aromatic rings. The Morgan fingerprint density at radius 2 is 0.964 bits per heavy atom. The van der Waals surface area contributed by atoms with Crippen LogP contribution in [-0.4, -0.2) is 37.9 Å². The maximum Gasteiger partial charge on any atom is 0.446 e. The van der Waals surface area contributed by atoms with E-state index in [1.54, 1.807) is 48.5 Å². The van der Waals surface area contributed by atoms with Gasteiger partial charge in [-0.05, 0) is 147 Å². The Kier molecular flexibility index (Phi) is 12.0. The molecule has 6 rings (SSSR count). The van der Waals surface area contributed by atoms with E-state index < -0.39 is 44.3 Å². The number of carbonyl (C=O) groups is 2. The fraction of sp³-hybridized carbons (Fsp3) is 0.0556. The van der Waals surface area contributed by atoms with E-state index in [2.05, 4.69) is 63.7 Å². The van der Waals surface area contributed by atoms with Crippen molar-refractivity contribution in [3.63, 3.8) is 0 Å². The summed E-state index contributed by atoms with van der Waals surface area (Å²) in [7, 11) is -10.7. The summed E-state index contributed by atoms with van der Waals surface area (Å²) >= 11 is 13.6. The summed E-state index contributed by atoms with van der Waals surface area (Å²) in [6.07, 6.45) is 5.02. The number of halogens is 4. The maximum atomic E-state index is 12.2. The van der Waals surface area contributed by atoms with Crippen LogP contribution in [0.25, 0.3) is 56.3 Å². The SMILES string of the molecule is CC(=O)Oc1ccc(-c2coc3c(Br)cc(/C=C(OS(=O)(=O)O)/C(=C/c4cc(Br)c5occ(-c6ccc(OC(C)=O)c(Br)c6)c5c4)OS(=O)(=O)O)cc23)cc1Br. The minimum absolute atomic E-state index is 0.183. The summed E-state index contributed by atoms with van der Waals surface area (Å²) in [5.41, 5.74) is 3.47. The minimum atomic E-state index is -5.34. The number of rotatable bonds is 11. The van der Waals surface area contributed by atoms with Crippen LogP contribution in [0.15, 0.2) is 111 Å². The van der Waals surface area contributed by atoms with Gasteiger partial charge in [0.2, 0.25) is 0 Å². The first kappa shape index (κ1) is 41.4. The molecule has 0 saturated carbocycles. The van der Waals surface area contributed by atoms with Gasteiger partial charge >= 0.3 is 32.7 Å². The molecule has 0 spiro atoms. The minimum Gasteiger partial charge on any atom is -0.462 e. The molecule has 0 fully saturated rings. The van der Waals surface area contributed by atoms with E-state index in [0.717, 1.165) is 12.2 Å². The monoisotopic (exact) mass is 1060 g/mol. The van der Waals surface area contributed by atoms with E-state index in [0.29, 0.717) is 62.1 Å². The van der Waals surface area contributed by atoms with Crippen molar-refractivity contribution < 1.29 is 62.2 Å². The molecule has 0 amide bonds. The van der Waals surface area contributed by atoms with Gasteiger partial charge in [0, 0.05) is 35.7 Å². The quantitative estimate of drug-likeness (QED) is 0.0407. The van der Waals surface area contributed by atoms with Crippen LogP contribution in [0, 0.1) is 0 Å². The fourth-order valence-corrected chi connectivity index (χ4v) is 8.24. The van der Waals surface area contributed by atoms with Crippen molar-refractivity contribution in [1.29, 1.82) is 0 Å². The topological polar surface area (TPSA) is 206 Å². The first-order chi connectivity index (χ1) is 26.2. The summed E-state index contributed by atoms with van der Waals surface area (Å²) in [5, 5.41) is 0.971. The average Bonchev–Trinajstić information content (AvgIpc) is 3.70. The number of carbonyl (C=O) groups excluding carboxylic acids is 2. The largest absolute Gasteiger partial charge is 0.462 e. The van der Waals surface area contributed by atoms with Crippen molar-refractivity contribution in [2.75, 3.05) is 0 Å². The van der Waals surface area contributed by atoms with E-state index in [1.807, 2.05) is 0 Å². The summed E-state index contributed by atoms with van der Waals surface area (Å²) < 4.78 is 101. The number of benzene rings is 4. The van der Waals surface area contributed by atoms with E-state index in [4.69, 9.17) is 26.7 Å². The van der Waals surface area contributed by atoms with Gasteiger partial charge in [0.15, 0.2) is 11.5 Å². The molecule has 0 aliphatic carbocycles. The van der Waals surface area contributed by atoms with Gasteiger partial charge in [-0.25, -0.2) is 0 Å². The van der Waals surface area contributed by atoms with Gasteiger partial charge in [-0.1, -0.05) is 12.1 Å². The first-order valence-electron chi connectivity index (χ1n) is 15.4. The summed E-state index contributed by atoms with van der Waals surface area (Å²) in [6, 6.07) is 15.9. The van der Waals surface area contributed by atoms with E-state index >= 15 is 0 Å². The molecule has 20 heteroatoms. The summed E-state index contributed by atoms with van der Waals surface area (Å²) in [6.45, 7) is 2.53. The Morgan fingerprint density at radius 1 is 0.589 bits per heavy atom. The molecule has 0 saturated heterocycles. The molecule has 0 radical (unpaired) electrons. The van der Waals surface area contributed by atoms with E-state index in [-0.39, 0.29) is 22.6 Å². The molecule has 0 unspecified atom stereocenters. The van der Waals surface area contributed by atoms with Crippen molar-refractivity contribution in [1.82, 2.24) is 0 Å². The Morgan fingerprint density at radius 3 is 1.29 bits per heavy atom. The highest BCUT2D eigenvalue weighted by atomic mass is 79.9. The molecule has 0 bridgehead atoms. The molecular formula is C36H22Br4O14S2. The second-order valence-corrected chi connectivity index (χ2v) is 17.0. The highest BCUT2D eigenvalue weighted by Crippen LogP contribution is 2.41. The summed E-state index contributed by atoms with van der Waals surface area (Å²) in [5.74, 6) is -2.19. The lowest BCUT2D eigenvalue weighted by Crippen LogP contribution is -2.11. The highest BCUT2D eigenvalue weighted by molar-refractivity contribution is 9.11. The zero-order chi connectivity index (χ0) is 40.7. The number of hydrogen-bond acceptors (Lipinski definition) is 12. The van der Waals surface area contributed by atoms with Gasteiger partial charge in [0.25, 0.3) is 0 Å². The van der Waals surface area contributed by atoms with Crippen LogP contribution in [0.4, 0.5) is 0 Å². The first-order valence-corrected chi connectivity index (χ1v) is 21.3. The predicted molar refractivity (Wildman–Crippen MR) is 218 cm³/mol. The molecule has 290 valence electrons. The molecule has 14 nitrogen and oxygen atoms in total. The van der Waals surface area contributed by atoms with Crippen molar-refractivity contribution in [3.8, 4) is 33.8 Å². The Balaban J connectivity index is 1.49. The third-order valence-corrected chi connectivity index (χ3v) is 10.7. The van der Waals surface area contributed by atoms with E-state index in [9.17, 15) is 35.5 Å². The smallest absolute Gasteiger partial charge is 0.446 e. The molecule has 0 aliphatic heterocycles. The van der Waals surface area contributed by atoms with Crippen LogP contribution < -0.4 is 9.47 Å². The van der Waals surface area contributed by atoms with Crippen LogP contribution in [0.3, 0.4) is 0 Å². The highest BCUT2D eigenvalue weighted by Gasteiger charge is 2.24. The van der Waals surface area contributed by atoms with Crippen molar-refractivity contribution in [3.05, 3.63) is 114 Å². The van der Waals surface area contributed by atoms with Gasteiger partial charge in [-0.15, -0.1) is 0 Å². The lowest BCUT2D eigenvalue weighted by molar-refractivity contribution is -0.132. The Hall–Kier alpha value is -4.28. The van der Waals surface area contributed by atoms with Gasteiger partial charge in [0.05, 0.1) is 30.4 Å². The van der Waals surface area contributed by atoms with Gasteiger partial charge < -0.3 is 26.7 Å². The second kappa shape index (κ2) is 16.3. The lowest BCUT2D eigenvalue weighted by Gasteiger charge is -2.12. The van der Waals surface area contributed by atoms with Crippen LogP contribution in [0.5, 0.6) is 11.5 Å². The van der Waals surface area contributed by atoms with Crippen LogP contribution in [0.2, 0.25) is 0 Å². The van der Waals surface area contributed by atoms with Crippen molar-refractivity contribution >= 4 is 131 Å². The number of hydrogen-bond donors (Lipinski definition) is 2. The average molecular weight is 1060 g/mol. The molecular weight excluding hydrogens is 1040 g/mol. The zero-order valence-corrected chi connectivity index (χ0v) is 36.2. The Labute approximate surface area is 351 Å². The van der Waals surface area contributed by atoms with E-state index in [1.165, 1.54) is 38.5 Å². The molecule has 2 heterocycles. The maximum absolute atomic E-state index is 12.2. The molecule has 0 atom stereocenters. The second-order valence-electron chi connectivity index (χ2n) is 11.6. The zero-order valence-electron chi connectivity index (χ0n) is 28.2. The third kappa shape index (κ3) is 9.80. The van der Waals surface area contributed by atoms with Crippen LogP contribution >= 0.6 is 63.7 Å². The normalized spacial score (nSPS) is 12.6. The number of ether oxygens (including phenoxy) is 2. The summed E-state index contributed by atoms with van der Waals surface area (Å²) in [4.78, 5) is 23.0. The number of fused-ring (bicyclic) bond motifs is 2. The Bertz CT molecular complexity index is 2680. The number of furan rings is 2. The van der Waals surface area contributed by atoms with Crippen molar-refractivity contribution in [2.45, 2.75) is 13.8 Å². The van der Waals surface area contributed by atoms with Crippen LogP contribution in [-0.2, 0) is 38.8 Å². The molecule has 2 aromatic heterocycles. The van der Waals surface area contributed by atoms with Gasteiger partial charge in [-0.2, -0.15) is 16.8 Å². The van der Waals surface area contributed by atoms with Gasteiger partial charge in [-0.3, -0.25) is 18.7 Å². The standard InChI is InChI=1S/C36H22Br4O14S2/c1-17(41)51-31-5-3-21(13-27(31)37)25-15-49-35-23(25)7-19(9-29(35)39)11-33(53-55(43,44)45)34(54-56(46,47)48)12-20-8-24-26(16-50-36(24)30(40)10-20)22-4-6-32(28(38)14-22)52-18(2)42/h3-16H,1-2H3,(H,43,44,45)(H,46,47,48)/b33-11-,34-12-. The molecule has 56 heavy (non-hydrogen) atoms. The molecule has 4 aromatic carbocycles. The fourth-order valence-electron chi connectivity index (χ4n) is 5.46.